The first-order valence-corrected chi connectivity index (χ1v) is 10.5. The molecule has 1 amide bonds. The number of carboxylic acids is 1. The highest BCUT2D eigenvalue weighted by molar-refractivity contribution is 7.17. The van der Waals surface area contributed by atoms with Gasteiger partial charge in [0.1, 0.15) is 17.2 Å². The number of thiophene rings is 1. The molecule has 152 valence electrons. The van der Waals surface area contributed by atoms with E-state index in [0.717, 1.165) is 27.1 Å². The van der Waals surface area contributed by atoms with Gasteiger partial charge in [-0.2, -0.15) is 0 Å². The minimum Gasteiger partial charge on any atom is -0.478 e. The van der Waals surface area contributed by atoms with Crippen molar-refractivity contribution >= 4 is 28.4 Å². The molecule has 2 N–H and O–H groups in total. The normalized spacial score (nSPS) is 14.5. The number of hydrogen-bond donors (Lipinski definition) is 2. The van der Waals surface area contributed by atoms with Gasteiger partial charge < -0.3 is 14.6 Å². The number of rotatable bonds is 4. The number of carboxylic acid groups (broad SMARTS) is 1. The van der Waals surface area contributed by atoms with Crippen LogP contribution >= 0.6 is 11.3 Å². The van der Waals surface area contributed by atoms with Gasteiger partial charge >= 0.3 is 12.1 Å². The second kappa shape index (κ2) is 7.59. The van der Waals surface area contributed by atoms with Crippen LogP contribution in [0.25, 0.3) is 11.1 Å². The van der Waals surface area contributed by atoms with Crippen molar-refractivity contribution in [3.8, 4) is 11.1 Å². The summed E-state index contributed by atoms with van der Waals surface area (Å²) < 4.78 is 10.9. The maximum atomic E-state index is 12.5. The van der Waals surface area contributed by atoms with Crippen LogP contribution in [-0.2, 0) is 22.5 Å². The molecule has 0 saturated heterocycles. The Labute approximate surface area is 177 Å². The number of benzene rings is 2. The van der Waals surface area contributed by atoms with Crippen LogP contribution in [0.4, 0.5) is 9.80 Å². The van der Waals surface area contributed by atoms with Gasteiger partial charge in [0, 0.05) is 22.8 Å². The molecule has 0 saturated carbocycles. The summed E-state index contributed by atoms with van der Waals surface area (Å²) in [5.41, 5.74) is 5.31. The summed E-state index contributed by atoms with van der Waals surface area (Å²) >= 11 is 1.28. The van der Waals surface area contributed by atoms with E-state index in [-0.39, 0.29) is 24.7 Å². The van der Waals surface area contributed by atoms with Crippen molar-refractivity contribution < 1.29 is 24.2 Å². The third-order valence-corrected chi connectivity index (χ3v) is 6.79. The molecule has 1 aliphatic carbocycles. The number of carbonyl (C=O) groups excluding carboxylic acids is 1. The first-order valence-electron chi connectivity index (χ1n) is 9.71. The minimum atomic E-state index is -1.08. The van der Waals surface area contributed by atoms with Crippen LogP contribution in [-0.4, -0.2) is 30.4 Å². The van der Waals surface area contributed by atoms with Crippen LogP contribution in [0.1, 0.15) is 37.8 Å². The van der Waals surface area contributed by atoms with E-state index in [9.17, 15) is 14.7 Å². The monoisotopic (exact) mass is 421 g/mol. The highest BCUT2D eigenvalue weighted by Crippen LogP contribution is 2.44. The lowest BCUT2D eigenvalue weighted by atomic mass is 9.98. The number of amides is 1. The molecule has 2 heterocycles. The molecule has 30 heavy (non-hydrogen) atoms. The van der Waals surface area contributed by atoms with E-state index in [1.54, 1.807) is 0 Å². The van der Waals surface area contributed by atoms with Crippen LogP contribution in [0.2, 0.25) is 0 Å². The lowest BCUT2D eigenvalue weighted by Gasteiger charge is -2.14. The largest absolute Gasteiger partial charge is 0.478 e. The fourth-order valence-electron chi connectivity index (χ4n) is 4.25. The molecule has 7 heteroatoms. The van der Waals surface area contributed by atoms with Gasteiger partial charge in [0.25, 0.3) is 0 Å². The molecular weight excluding hydrogens is 402 g/mol. The van der Waals surface area contributed by atoms with Crippen LogP contribution < -0.4 is 5.32 Å². The lowest BCUT2D eigenvalue weighted by Crippen LogP contribution is -2.19. The summed E-state index contributed by atoms with van der Waals surface area (Å²) in [5.74, 6) is -1.13. The van der Waals surface area contributed by atoms with Crippen molar-refractivity contribution in [1.29, 1.82) is 0 Å². The van der Waals surface area contributed by atoms with E-state index < -0.39 is 12.1 Å². The highest BCUT2D eigenvalue weighted by Gasteiger charge is 2.30. The van der Waals surface area contributed by atoms with Crippen molar-refractivity contribution in [3.05, 3.63) is 75.7 Å². The number of aromatic carboxylic acids is 1. The number of hydrogen-bond acceptors (Lipinski definition) is 5. The van der Waals surface area contributed by atoms with E-state index in [0.29, 0.717) is 23.6 Å². The van der Waals surface area contributed by atoms with E-state index in [2.05, 4.69) is 29.6 Å². The van der Waals surface area contributed by atoms with Gasteiger partial charge in [0.15, 0.2) is 0 Å². The highest BCUT2D eigenvalue weighted by atomic mass is 32.1. The topological polar surface area (TPSA) is 84.9 Å². The van der Waals surface area contributed by atoms with Gasteiger partial charge in [0.05, 0.1) is 13.2 Å². The van der Waals surface area contributed by atoms with Crippen LogP contribution in [0.5, 0.6) is 0 Å². The summed E-state index contributed by atoms with van der Waals surface area (Å²) in [5, 5.41) is 12.5. The van der Waals surface area contributed by atoms with Crippen molar-refractivity contribution in [3.63, 3.8) is 0 Å². The van der Waals surface area contributed by atoms with Crippen molar-refractivity contribution in [2.45, 2.75) is 18.9 Å². The lowest BCUT2D eigenvalue weighted by molar-refractivity contribution is 0.0685. The molecular formula is C23H19NO5S. The fraction of sp³-hybridized carbons (Fsp3) is 0.217. The molecule has 6 nitrogen and oxygen atoms in total. The zero-order valence-electron chi connectivity index (χ0n) is 16.0. The molecule has 0 bridgehead atoms. The fourth-order valence-corrected chi connectivity index (χ4v) is 5.41. The van der Waals surface area contributed by atoms with E-state index in [1.807, 2.05) is 24.3 Å². The Kier molecular flexibility index (Phi) is 4.77. The predicted octanol–water partition coefficient (Wildman–Crippen LogP) is 4.88. The predicted molar refractivity (Wildman–Crippen MR) is 113 cm³/mol. The van der Waals surface area contributed by atoms with Gasteiger partial charge in [-0.05, 0) is 22.3 Å². The average Bonchev–Trinajstić information content (AvgIpc) is 3.27. The number of ether oxygens (including phenoxy) is 2. The molecule has 1 aliphatic heterocycles. The van der Waals surface area contributed by atoms with Gasteiger partial charge in [-0.25, -0.2) is 9.59 Å². The Morgan fingerprint density at radius 1 is 1.10 bits per heavy atom. The molecule has 0 fully saturated rings. The Bertz CT molecular complexity index is 1110. The average molecular weight is 421 g/mol. The first kappa shape index (κ1) is 18.8. The van der Waals surface area contributed by atoms with Crippen molar-refractivity contribution in [2.24, 2.45) is 0 Å². The Balaban J connectivity index is 1.34. The van der Waals surface area contributed by atoms with Crippen molar-refractivity contribution in [2.75, 3.05) is 18.5 Å². The summed E-state index contributed by atoms with van der Waals surface area (Å²) in [6, 6.07) is 16.2. The molecule has 5 rings (SSSR count). The summed E-state index contributed by atoms with van der Waals surface area (Å²) in [7, 11) is 0. The zero-order chi connectivity index (χ0) is 20.7. The third kappa shape index (κ3) is 3.16. The van der Waals surface area contributed by atoms with Crippen LogP contribution in [0.15, 0.2) is 48.5 Å². The molecule has 0 radical (unpaired) electrons. The molecule has 1 aromatic heterocycles. The molecule has 0 unspecified atom stereocenters. The number of carbonyl (C=O) groups is 2. The molecule has 0 spiro atoms. The number of fused-ring (bicyclic) bond motifs is 4. The molecule has 0 atom stereocenters. The van der Waals surface area contributed by atoms with Gasteiger partial charge in [-0.3, -0.25) is 5.32 Å². The van der Waals surface area contributed by atoms with Gasteiger partial charge in [-0.15, -0.1) is 11.3 Å². The first-order chi connectivity index (χ1) is 14.6. The van der Waals surface area contributed by atoms with Crippen LogP contribution in [0, 0.1) is 0 Å². The number of nitrogens with one attached hydrogen (secondary N) is 1. The third-order valence-electron chi connectivity index (χ3n) is 5.58. The van der Waals surface area contributed by atoms with Crippen LogP contribution in [0.3, 0.4) is 0 Å². The zero-order valence-corrected chi connectivity index (χ0v) is 16.8. The quantitative estimate of drug-likeness (QED) is 0.627. The standard InChI is InChI=1S/C23H19NO5S/c25-22(26)20-18-11-28-10-9-19(18)30-21(20)24-23(27)29-12-17-15-7-3-1-5-13(15)14-6-2-4-8-16(14)17/h1-8,17H,9-12H2,(H,24,27)(H,25,26). The summed E-state index contributed by atoms with van der Waals surface area (Å²) in [6.45, 7) is 0.979. The summed E-state index contributed by atoms with van der Waals surface area (Å²) in [4.78, 5) is 25.2. The SMILES string of the molecule is O=C(Nc1sc2c(c1C(=O)O)COCC2)OCC1c2ccccc2-c2ccccc21. The van der Waals surface area contributed by atoms with E-state index >= 15 is 0 Å². The Hall–Kier alpha value is -3.16. The number of anilines is 1. The molecule has 3 aromatic rings. The molecule has 2 aromatic carbocycles. The second-order valence-electron chi connectivity index (χ2n) is 7.27. The van der Waals surface area contributed by atoms with Gasteiger partial charge in [0.2, 0.25) is 0 Å². The Morgan fingerprint density at radius 3 is 2.43 bits per heavy atom. The molecule has 2 aliphatic rings. The second-order valence-corrected chi connectivity index (χ2v) is 8.37. The van der Waals surface area contributed by atoms with Gasteiger partial charge in [-0.1, -0.05) is 48.5 Å². The maximum absolute atomic E-state index is 12.5. The smallest absolute Gasteiger partial charge is 0.412 e. The van der Waals surface area contributed by atoms with Crippen molar-refractivity contribution in [1.82, 2.24) is 0 Å². The maximum Gasteiger partial charge on any atom is 0.412 e. The summed E-state index contributed by atoms with van der Waals surface area (Å²) in [6.07, 6.45) is -0.00833. The Morgan fingerprint density at radius 2 is 1.77 bits per heavy atom. The van der Waals surface area contributed by atoms with E-state index in [1.165, 1.54) is 11.3 Å². The minimum absolute atomic E-state index is 0.0490. The van der Waals surface area contributed by atoms with E-state index in [4.69, 9.17) is 9.47 Å².